The molecule has 0 unspecified atom stereocenters. The number of ether oxygens (including phenoxy) is 1. The van der Waals surface area contributed by atoms with Crippen LogP contribution in [0.15, 0.2) is 47.0 Å². The number of aromatic nitrogens is 2. The molecule has 4 nitrogen and oxygen atoms in total. The van der Waals surface area contributed by atoms with Crippen LogP contribution < -0.4 is 4.74 Å². The first-order chi connectivity index (χ1) is 10.2. The molecule has 1 aromatic heterocycles. The Morgan fingerprint density at radius 3 is 2.62 bits per heavy atom. The highest BCUT2D eigenvalue weighted by molar-refractivity contribution is 6.33. The highest BCUT2D eigenvalue weighted by Gasteiger charge is 2.14. The first-order valence-corrected chi connectivity index (χ1v) is 6.49. The minimum Gasteiger partial charge on any atom is -0.497 e. The van der Waals surface area contributed by atoms with Crippen molar-refractivity contribution < 1.29 is 13.7 Å². The summed E-state index contributed by atoms with van der Waals surface area (Å²) in [4.78, 5) is 4.28. The summed E-state index contributed by atoms with van der Waals surface area (Å²) in [6.07, 6.45) is 0. The van der Waals surface area contributed by atoms with Gasteiger partial charge in [-0.05, 0) is 42.5 Å². The zero-order valence-corrected chi connectivity index (χ0v) is 11.8. The molecule has 1 heterocycles. The molecule has 0 bridgehead atoms. The topological polar surface area (TPSA) is 48.2 Å². The summed E-state index contributed by atoms with van der Waals surface area (Å²) in [7, 11) is 1.56. The fourth-order valence-corrected chi connectivity index (χ4v) is 2.05. The Hall–Kier alpha value is -2.40. The van der Waals surface area contributed by atoms with Gasteiger partial charge in [0.15, 0.2) is 0 Å². The summed E-state index contributed by atoms with van der Waals surface area (Å²) in [6.45, 7) is 0. The van der Waals surface area contributed by atoms with Crippen LogP contribution in [0.2, 0.25) is 5.02 Å². The second-order valence-corrected chi connectivity index (χ2v) is 4.68. The van der Waals surface area contributed by atoms with Crippen LogP contribution in [0, 0.1) is 5.82 Å². The number of halogens is 2. The van der Waals surface area contributed by atoms with Gasteiger partial charge in [0.1, 0.15) is 11.6 Å². The van der Waals surface area contributed by atoms with Gasteiger partial charge in [0, 0.05) is 11.1 Å². The van der Waals surface area contributed by atoms with Crippen LogP contribution in [-0.2, 0) is 0 Å². The summed E-state index contributed by atoms with van der Waals surface area (Å²) >= 11 is 6.14. The molecule has 0 aliphatic carbocycles. The zero-order valence-electron chi connectivity index (χ0n) is 11.0. The summed E-state index contributed by atoms with van der Waals surface area (Å²) in [5, 5.41) is 4.39. The molecular formula is C15H10ClFN2O2. The maximum Gasteiger partial charge on any atom is 0.258 e. The van der Waals surface area contributed by atoms with Gasteiger partial charge in [-0.2, -0.15) is 4.98 Å². The van der Waals surface area contributed by atoms with Gasteiger partial charge < -0.3 is 9.26 Å². The molecule has 0 aliphatic rings. The highest BCUT2D eigenvalue weighted by atomic mass is 35.5. The van der Waals surface area contributed by atoms with Crippen LogP contribution in [0.5, 0.6) is 5.75 Å². The molecule has 0 spiro atoms. The number of nitrogens with zero attached hydrogens (tertiary/aromatic N) is 2. The molecule has 0 radical (unpaired) electrons. The monoisotopic (exact) mass is 304 g/mol. The van der Waals surface area contributed by atoms with E-state index in [1.54, 1.807) is 37.4 Å². The number of benzene rings is 2. The van der Waals surface area contributed by atoms with Gasteiger partial charge in [0.2, 0.25) is 5.82 Å². The minimum atomic E-state index is -0.325. The van der Waals surface area contributed by atoms with Crippen LogP contribution in [0.4, 0.5) is 4.39 Å². The van der Waals surface area contributed by atoms with Gasteiger partial charge in [-0.1, -0.05) is 16.8 Å². The van der Waals surface area contributed by atoms with E-state index >= 15 is 0 Å². The molecule has 3 rings (SSSR count). The number of hydrogen-bond donors (Lipinski definition) is 0. The molecule has 106 valence electrons. The first-order valence-electron chi connectivity index (χ1n) is 6.11. The van der Waals surface area contributed by atoms with Crippen molar-refractivity contribution in [1.82, 2.24) is 10.1 Å². The SMILES string of the molecule is COc1ccc(Cl)c(-c2noc(-c3ccc(F)cc3)n2)c1. The molecule has 0 aliphatic heterocycles. The maximum atomic E-state index is 12.9. The van der Waals surface area contributed by atoms with E-state index in [9.17, 15) is 4.39 Å². The van der Waals surface area contributed by atoms with Crippen molar-refractivity contribution in [2.24, 2.45) is 0 Å². The Balaban J connectivity index is 2.00. The quantitative estimate of drug-likeness (QED) is 0.727. The molecule has 0 saturated carbocycles. The second-order valence-electron chi connectivity index (χ2n) is 4.28. The van der Waals surface area contributed by atoms with E-state index in [2.05, 4.69) is 10.1 Å². The van der Waals surface area contributed by atoms with Gasteiger partial charge in [-0.15, -0.1) is 0 Å². The fraction of sp³-hybridized carbons (Fsp3) is 0.0667. The smallest absolute Gasteiger partial charge is 0.258 e. The summed E-state index contributed by atoms with van der Waals surface area (Å²) in [6, 6.07) is 11.0. The summed E-state index contributed by atoms with van der Waals surface area (Å²) in [5.41, 5.74) is 1.24. The lowest BCUT2D eigenvalue weighted by Gasteiger charge is -2.02. The molecule has 0 amide bonds. The lowest BCUT2D eigenvalue weighted by molar-refractivity contribution is 0.414. The van der Waals surface area contributed by atoms with Crippen molar-refractivity contribution in [3.63, 3.8) is 0 Å². The van der Waals surface area contributed by atoms with E-state index in [-0.39, 0.29) is 5.82 Å². The van der Waals surface area contributed by atoms with Crippen molar-refractivity contribution in [1.29, 1.82) is 0 Å². The standard InChI is InChI=1S/C15H10ClFN2O2/c1-20-11-6-7-13(16)12(8-11)14-18-15(21-19-14)9-2-4-10(17)5-3-9/h2-8H,1H3. The average molecular weight is 305 g/mol. The fourth-order valence-electron chi connectivity index (χ4n) is 1.85. The van der Waals surface area contributed by atoms with Crippen LogP contribution in [0.3, 0.4) is 0 Å². The van der Waals surface area contributed by atoms with Gasteiger partial charge >= 0.3 is 0 Å². The second kappa shape index (κ2) is 5.54. The zero-order chi connectivity index (χ0) is 14.8. The number of rotatable bonds is 3. The third-order valence-electron chi connectivity index (χ3n) is 2.93. The Kier molecular flexibility index (Phi) is 3.58. The lowest BCUT2D eigenvalue weighted by Crippen LogP contribution is -1.87. The molecule has 0 atom stereocenters. The van der Waals surface area contributed by atoms with Crippen molar-refractivity contribution in [2.45, 2.75) is 0 Å². The van der Waals surface area contributed by atoms with Crippen molar-refractivity contribution >= 4 is 11.6 Å². The van der Waals surface area contributed by atoms with Crippen LogP contribution >= 0.6 is 11.6 Å². The molecule has 0 N–H and O–H groups in total. The molecule has 0 fully saturated rings. The van der Waals surface area contributed by atoms with Gasteiger partial charge in [0.25, 0.3) is 5.89 Å². The van der Waals surface area contributed by atoms with Crippen molar-refractivity contribution in [3.05, 3.63) is 53.3 Å². The molecular weight excluding hydrogens is 295 g/mol. The van der Waals surface area contributed by atoms with Gasteiger partial charge in [-0.3, -0.25) is 0 Å². The van der Waals surface area contributed by atoms with Crippen molar-refractivity contribution in [2.75, 3.05) is 7.11 Å². The van der Waals surface area contributed by atoms with E-state index < -0.39 is 0 Å². The third-order valence-corrected chi connectivity index (χ3v) is 3.26. The Bertz CT molecular complexity index is 772. The van der Waals surface area contributed by atoms with Crippen LogP contribution in [0.1, 0.15) is 0 Å². The predicted octanol–water partition coefficient (Wildman–Crippen LogP) is 4.20. The number of methoxy groups -OCH3 is 1. The third kappa shape index (κ3) is 2.73. The van der Waals surface area contributed by atoms with E-state index in [1.165, 1.54) is 12.1 Å². The van der Waals surface area contributed by atoms with Gasteiger partial charge in [-0.25, -0.2) is 4.39 Å². The van der Waals surface area contributed by atoms with Crippen LogP contribution in [0.25, 0.3) is 22.8 Å². The van der Waals surface area contributed by atoms with E-state index in [4.69, 9.17) is 20.9 Å². The average Bonchev–Trinajstić information content (AvgIpc) is 2.98. The van der Waals surface area contributed by atoms with Gasteiger partial charge in [0.05, 0.1) is 12.1 Å². The maximum absolute atomic E-state index is 12.9. The van der Waals surface area contributed by atoms with E-state index in [0.717, 1.165) is 0 Å². The van der Waals surface area contributed by atoms with Crippen molar-refractivity contribution in [3.8, 4) is 28.6 Å². The highest BCUT2D eigenvalue weighted by Crippen LogP contribution is 2.31. The van der Waals surface area contributed by atoms with E-state index in [1.807, 2.05) is 0 Å². The molecule has 21 heavy (non-hydrogen) atoms. The summed E-state index contributed by atoms with van der Waals surface area (Å²) < 4.78 is 23.3. The normalized spacial score (nSPS) is 10.6. The Labute approximate surface area is 125 Å². The molecule has 6 heteroatoms. The minimum absolute atomic E-state index is 0.295. The van der Waals surface area contributed by atoms with Crippen LogP contribution in [-0.4, -0.2) is 17.3 Å². The summed E-state index contributed by atoms with van der Waals surface area (Å²) in [5.74, 6) is 0.957. The number of hydrogen-bond acceptors (Lipinski definition) is 4. The molecule has 3 aromatic rings. The molecule has 2 aromatic carbocycles. The predicted molar refractivity (Wildman–Crippen MR) is 76.7 cm³/mol. The largest absolute Gasteiger partial charge is 0.497 e. The Morgan fingerprint density at radius 2 is 1.90 bits per heavy atom. The Morgan fingerprint density at radius 1 is 1.14 bits per heavy atom. The lowest BCUT2D eigenvalue weighted by atomic mass is 10.2. The first kappa shape index (κ1) is 13.6. The van der Waals surface area contributed by atoms with E-state index in [0.29, 0.717) is 33.6 Å². The molecule has 0 saturated heterocycles.